The number of methoxy groups -OCH3 is 1. The third-order valence-electron chi connectivity index (χ3n) is 5.05. The monoisotopic (exact) mass is 358 g/mol. The Morgan fingerprint density at radius 3 is 2.04 bits per heavy atom. The molecule has 0 aromatic carbocycles. The number of hydrogen-bond donors (Lipinski definition) is 0. The predicted octanol–water partition coefficient (Wildman–Crippen LogP) is 4.95. The molecule has 0 saturated heterocycles. The van der Waals surface area contributed by atoms with Crippen LogP contribution in [0.1, 0.15) is 54.9 Å². The van der Waals surface area contributed by atoms with Crippen LogP contribution >= 0.6 is 0 Å². The quantitative estimate of drug-likeness (QED) is 0.332. The summed E-state index contributed by atoms with van der Waals surface area (Å²) in [4.78, 5) is 11.7. The Hall–Kier alpha value is -0.653. The molecule has 0 radical (unpaired) electrons. The maximum atomic E-state index is 11.7. The Morgan fingerprint density at radius 1 is 1.21 bits per heavy atom. The highest BCUT2D eigenvalue weighted by Crippen LogP contribution is 2.38. The van der Waals surface area contributed by atoms with Crippen molar-refractivity contribution in [2.45, 2.75) is 91.3 Å². The largest absolute Gasteiger partial charge is 0.457 e. The average molecular weight is 359 g/mol. The molecule has 0 N–H and O–H groups in total. The Labute approximate surface area is 150 Å². The van der Waals surface area contributed by atoms with E-state index in [1.54, 1.807) is 14.0 Å². The van der Waals surface area contributed by atoms with Gasteiger partial charge in [0.15, 0.2) is 8.32 Å². The van der Waals surface area contributed by atoms with Gasteiger partial charge in [-0.1, -0.05) is 41.2 Å². The molecule has 4 atom stereocenters. The molecule has 0 unspecified atom stereocenters. The SMILES string of the molecule is C=C(C)[C@@H](OC(=O)CC)[C@H](C)[C@@H](OC)[C@@H](C)O[Si](C)(C)C(C)(C)C. The van der Waals surface area contributed by atoms with Gasteiger partial charge in [0.05, 0.1) is 12.2 Å². The van der Waals surface area contributed by atoms with Crippen molar-refractivity contribution in [3.05, 3.63) is 12.2 Å². The zero-order valence-electron chi connectivity index (χ0n) is 17.4. The summed E-state index contributed by atoms with van der Waals surface area (Å²) in [5.74, 6) is -0.259. The van der Waals surface area contributed by atoms with E-state index in [1.807, 2.05) is 20.8 Å². The van der Waals surface area contributed by atoms with E-state index in [0.717, 1.165) is 5.57 Å². The minimum absolute atomic E-state index is 0.0391. The van der Waals surface area contributed by atoms with Gasteiger partial charge in [-0.05, 0) is 37.6 Å². The van der Waals surface area contributed by atoms with Gasteiger partial charge >= 0.3 is 5.97 Å². The van der Waals surface area contributed by atoms with Crippen LogP contribution in [0.5, 0.6) is 0 Å². The first-order chi connectivity index (χ1) is 10.8. The van der Waals surface area contributed by atoms with Crippen LogP contribution in [0.2, 0.25) is 18.1 Å². The Balaban J connectivity index is 5.27. The minimum Gasteiger partial charge on any atom is -0.457 e. The third-order valence-corrected chi connectivity index (χ3v) is 9.62. The Bertz CT molecular complexity index is 426. The summed E-state index contributed by atoms with van der Waals surface area (Å²) in [6, 6.07) is 0. The zero-order valence-corrected chi connectivity index (χ0v) is 18.4. The van der Waals surface area contributed by atoms with Crippen molar-refractivity contribution in [2.75, 3.05) is 7.11 Å². The van der Waals surface area contributed by atoms with Gasteiger partial charge in [-0.3, -0.25) is 4.79 Å². The van der Waals surface area contributed by atoms with Crippen LogP contribution in [0, 0.1) is 5.92 Å². The minimum atomic E-state index is -1.90. The first-order valence-corrected chi connectivity index (χ1v) is 11.7. The fourth-order valence-electron chi connectivity index (χ4n) is 2.60. The van der Waals surface area contributed by atoms with Crippen LogP contribution in [0.15, 0.2) is 12.2 Å². The van der Waals surface area contributed by atoms with E-state index in [1.165, 1.54) is 0 Å². The van der Waals surface area contributed by atoms with Gasteiger partial charge in [0.1, 0.15) is 6.10 Å². The van der Waals surface area contributed by atoms with Crippen molar-refractivity contribution in [1.29, 1.82) is 0 Å². The summed E-state index contributed by atoms with van der Waals surface area (Å²) in [6.07, 6.45) is -0.282. The third kappa shape index (κ3) is 6.34. The lowest BCUT2D eigenvalue weighted by Gasteiger charge is -2.42. The molecule has 0 rings (SSSR count). The first kappa shape index (κ1) is 23.3. The zero-order chi connectivity index (χ0) is 19.3. The van der Waals surface area contributed by atoms with Gasteiger partial charge in [0, 0.05) is 19.4 Å². The standard InChI is InChI=1S/C19H38O4Si/c1-12-16(20)22-17(13(2)3)14(4)18(21-9)15(5)23-24(10,11)19(6,7)8/h14-15,17-18H,2,12H2,1,3-11H3/t14-,15+,17+,18+/m0/s1. The van der Waals surface area contributed by atoms with Crippen LogP contribution in [0.3, 0.4) is 0 Å². The van der Waals surface area contributed by atoms with E-state index in [0.29, 0.717) is 6.42 Å². The molecule has 24 heavy (non-hydrogen) atoms. The summed E-state index contributed by atoms with van der Waals surface area (Å²) in [5, 5.41) is 0.130. The molecule has 0 aliphatic rings. The summed E-state index contributed by atoms with van der Waals surface area (Å²) in [6.45, 7) is 22.9. The average Bonchev–Trinajstić information content (AvgIpc) is 2.42. The van der Waals surface area contributed by atoms with Crippen LogP contribution in [0.25, 0.3) is 0 Å². The number of esters is 1. The molecule has 0 bridgehead atoms. The fourth-order valence-corrected chi connectivity index (χ4v) is 4.01. The van der Waals surface area contributed by atoms with E-state index >= 15 is 0 Å². The molecule has 5 heteroatoms. The first-order valence-electron chi connectivity index (χ1n) is 8.84. The van der Waals surface area contributed by atoms with Crippen molar-refractivity contribution < 1.29 is 18.7 Å². The fraction of sp³-hybridized carbons (Fsp3) is 0.842. The van der Waals surface area contributed by atoms with Gasteiger partial charge in [-0.15, -0.1) is 0 Å². The summed E-state index contributed by atoms with van der Waals surface area (Å²) in [7, 11) is -0.220. The van der Waals surface area contributed by atoms with E-state index in [2.05, 4.69) is 40.4 Å². The van der Waals surface area contributed by atoms with E-state index in [-0.39, 0.29) is 35.2 Å². The predicted molar refractivity (Wildman–Crippen MR) is 103 cm³/mol. The molecule has 0 spiro atoms. The number of carbonyl (C=O) groups excluding carboxylic acids is 1. The molecule has 4 nitrogen and oxygen atoms in total. The van der Waals surface area contributed by atoms with Crippen molar-refractivity contribution >= 4 is 14.3 Å². The normalized spacial score (nSPS) is 17.8. The second-order valence-corrected chi connectivity index (χ2v) is 13.0. The maximum absolute atomic E-state index is 11.7. The summed E-state index contributed by atoms with van der Waals surface area (Å²) < 4.78 is 17.8. The van der Waals surface area contributed by atoms with Crippen LogP contribution in [-0.4, -0.2) is 39.7 Å². The Morgan fingerprint density at radius 2 is 1.71 bits per heavy atom. The second-order valence-electron chi connectivity index (χ2n) is 8.25. The number of hydrogen-bond acceptors (Lipinski definition) is 4. The van der Waals surface area contributed by atoms with Gasteiger partial charge in [0.2, 0.25) is 0 Å². The van der Waals surface area contributed by atoms with Gasteiger partial charge < -0.3 is 13.9 Å². The van der Waals surface area contributed by atoms with Gasteiger partial charge in [-0.2, -0.15) is 0 Å². The lowest BCUT2D eigenvalue weighted by Crippen LogP contribution is -2.49. The molecule has 0 aromatic heterocycles. The second kappa shape index (κ2) is 9.16. The number of carbonyl (C=O) groups is 1. The Kier molecular flexibility index (Phi) is 8.91. The molecule has 0 aliphatic heterocycles. The van der Waals surface area contributed by atoms with Gasteiger partial charge in [0.25, 0.3) is 0 Å². The molecular weight excluding hydrogens is 320 g/mol. The highest BCUT2D eigenvalue weighted by molar-refractivity contribution is 6.74. The molecule has 0 fully saturated rings. The van der Waals surface area contributed by atoms with Crippen molar-refractivity contribution in [1.82, 2.24) is 0 Å². The smallest absolute Gasteiger partial charge is 0.306 e. The molecular formula is C19H38O4Si. The van der Waals surface area contributed by atoms with E-state index in [9.17, 15) is 4.79 Å². The molecule has 0 saturated carbocycles. The van der Waals surface area contributed by atoms with E-state index in [4.69, 9.17) is 13.9 Å². The lowest BCUT2D eigenvalue weighted by atomic mass is 9.91. The van der Waals surface area contributed by atoms with Crippen LogP contribution in [0.4, 0.5) is 0 Å². The maximum Gasteiger partial charge on any atom is 0.306 e. The van der Waals surface area contributed by atoms with Crippen LogP contribution < -0.4 is 0 Å². The summed E-state index contributed by atoms with van der Waals surface area (Å²) >= 11 is 0. The van der Waals surface area contributed by atoms with Crippen molar-refractivity contribution in [2.24, 2.45) is 5.92 Å². The number of ether oxygens (including phenoxy) is 2. The van der Waals surface area contributed by atoms with Crippen molar-refractivity contribution in [3.8, 4) is 0 Å². The van der Waals surface area contributed by atoms with Gasteiger partial charge in [-0.25, -0.2) is 0 Å². The molecule has 0 heterocycles. The lowest BCUT2D eigenvalue weighted by molar-refractivity contribution is -0.153. The number of rotatable bonds is 9. The summed E-state index contributed by atoms with van der Waals surface area (Å²) in [5.41, 5.74) is 0.825. The van der Waals surface area contributed by atoms with Crippen molar-refractivity contribution in [3.63, 3.8) is 0 Å². The topological polar surface area (TPSA) is 44.8 Å². The molecule has 0 aliphatic carbocycles. The van der Waals surface area contributed by atoms with Crippen LogP contribution in [-0.2, 0) is 18.7 Å². The molecule has 142 valence electrons. The molecule has 0 amide bonds. The highest BCUT2D eigenvalue weighted by atomic mass is 28.4. The highest BCUT2D eigenvalue weighted by Gasteiger charge is 2.41. The molecule has 0 aromatic rings. The van der Waals surface area contributed by atoms with E-state index < -0.39 is 8.32 Å².